The van der Waals surface area contributed by atoms with Crippen LogP contribution in [0, 0.1) is 5.92 Å². The van der Waals surface area contributed by atoms with Gasteiger partial charge in [-0.2, -0.15) is 0 Å². The lowest BCUT2D eigenvalue weighted by Crippen LogP contribution is -2.44. The van der Waals surface area contributed by atoms with Gasteiger partial charge in [-0.05, 0) is 42.7 Å². The topological polar surface area (TPSA) is 55.8 Å². The molecular weight excluding hydrogens is 318 g/mol. The van der Waals surface area contributed by atoms with Crippen molar-refractivity contribution >= 4 is 11.9 Å². The first-order chi connectivity index (χ1) is 12.1. The minimum absolute atomic E-state index is 0.0743. The molecule has 2 aliphatic rings. The quantitative estimate of drug-likeness (QED) is 0.840. The molecule has 0 spiro atoms. The third-order valence-corrected chi connectivity index (χ3v) is 5.16. The van der Waals surface area contributed by atoms with Gasteiger partial charge in [0.25, 0.3) is 0 Å². The molecule has 2 atom stereocenters. The second-order valence-electron chi connectivity index (χ2n) is 6.49. The van der Waals surface area contributed by atoms with Crippen molar-refractivity contribution in [3.63, 3.8) is 0 Å². The first-order valence-electron chi connectivity index (χ1n) is 8.35. The fourth-order valence-corrected chi connectivity index (χ4v) is 3.88. The second kappa shape index (κ2) is 5.92. The number of ketones is 1. The molecule has 0 fully saturated rings. The predicted molar refractivity (Wildman–Crippen MR) is 92.1 cm³/mol. The summed E-state index contributed by atoms with van der Waals surface area (Å²) in [6.07, 6.45) is 1.05. The maximum absolute atomic E-state index is 13.2. The molecule has 2 unspecified atom stereocenters. The van der Waals surface area contributed by atoms with Crippen molar-refractivity contribution in [3.05, 3.63) is 59.2 Å². The molecule has 0 N–H and O–H groups in total. The standard InChI is InChI=1S/C20H19NO4/c1-21-18(15-5-3-4-6-17(15)25-20(21)23)16-9-7-12-11-13(24-2)8-10-14(12)19(16)22/h3-6,8,10-11,16,18H,7,9H2,1-2H3. The number of ether oxygens (including phenoxy) is 2. The number of hydrogen-bond donors (Lipinski definition) is 0. The summed E-state index contributed by atoms with van der Waals surface area (Å²) < 4.78 is 10.6. The van der Waals surface area contributed by atoms with Crippen LogP contribution in [0.3, 0.4) is 0 Å². The van der Waals surface area contributed by atoms with Gasteiger partial charge in [-0.25, -0.2) is 4.79 Å². The van der Waals surface area contributed by atoms with Crippen LogP contribution in [0.15, 0.2) is 42.5 Å². The highest BCUT2D eigenvalue weighted by atomic mass is 16.6. The van der Waals surface area contributed by atoms with Crippen LogP contribution >= 0.6 is 0 Å². The molecule has 4 rings (SSSR count). The van der Waals surface area contributed by atoms with Gasteiger partial charge in [-0.3, -0.25) is 4.79 Å². The van der Waals surface area contributed by atoms with Gasteiger partial charge in [0.05, 0.1) is 13.2 Å². The highest BCUT2D eigenvalue weighted by Crippen LogP contribution is 2.43. The van der Waals surface area contributed by atoms with Crippen LogP contribution in [0.5, 0.6) is 11.5 Å². The summed E-state index contributed by atoms with van der Waals surface area (Å²) in [5.74, 6) is 1.10. The van der Waals surface area contributed by atoms with Crippen molar-refractivity contribution in [2.75, 3.05) is 14.2 Å². The Morgan fingerprint density at radius 1 is 1.16 bits per heavy atom. The summed E-state index contributed by atoms with van der Waals surface area (Å²) in [4.78, 5) is 26.9. The number of rotatable bonds is 2. The average molecular weight is 337 g/mol. The van der Waals surface area contributed by atoms with Crippen LogP contribution in [0.4, 0.5) is 4.79 Å². The Bertz CT molecular complexity index is 861. The number of benzene rings is 2. The summed E-state index contributed by atoms with van der Waals surface area (Å²) >= 11 is 0. The first-order valence-corrected chi connectivity index (χ1v) is 8.35. The van der Waals surface area contributed by atoms with Gasteiger partial charge in [0.1, 0.15) is 11.5 Å². The summed E-state index contributed by atoms with van der Waals surface area (Å²) in [6.45, 7) is 0. The number of nitrogens with zero attached hydrogens (tertiary/aromatic N) is 1. The zero-order valence-corrected chi connectivity index (χ0v) is 14.2. The minimum Gasteiger partial charge on any atom is -0.497 e. The summed E-state index contributed by atoms with van der Waals surface area (Å²) in [5.41, 5.74) is 2.62. The Hall–Kier alpha value is -2.82. The zero-order valence-electron chi connectivity index (χ0n) is 14.2. The van der Waals surface area contributed by atoms with Gasteiger partial charge in [-0.1, -0.05) is 18.2 Å². The van der Waals surface area contributed by atoms with Crippen LogP contribution in [-0.2, 0) is 6.42 Å². The average Bonchev–Trinajstić information content (AvgIpc) is 2.63. The molecular formula is C20H19NO4. The Morgan fingerprint density at radius 3 is 2.76 bits per heavy atom. The summed E-state index contributed by atoms with van der Waals surface area (Å²) in [5, 5.41) is 0. The molecule has 5 nitrogen and oxygen atoms in total. The Labute approximate surface area is 146 Å². The first kappa shape index (κ1) is 15.7. The number of amides is 1. The lowest BCUT2D eigenvalue weighted by molar-refractivity contribution is 0.0734. The third kappa shape index (κ3) is 2.47. The van der Waals surface area contributed by atoms with Gasteiger partial charge in [0.15, 0.2) is 5.78 Å². The van der Waals surface area contributed by atoms with E-state index in [4.69, 9.17) is 9.47 Å². The number of para-hydroxylation sites is 1. The summed E-state index contributed by atoms with van der Waals surface area (Å²) in [6, 6.07) is 12.7. The number of methoxy groups -OCH3 is 1. The molecule has 128 valence electrons. The molecule has 0 saturated heterocycles. The van der Waals surface area contributed by atoms with Crippen LogP contribution in [0.25, 0.3) is 0 Å². The van der Waals surface area contributed by atoms with Crippen molar-refractivity contribution in [1.82, 2.24) is 4.90 Å². The highest BCUT2D eigenvalue weighted by molar-refractivity contribution is 6.01. The Balaban J connectivity index is 1.75. The normalized spacial score (nSPS) is 22.1. The minimum atomic E-state index is -0.419. The van der Waals surface area contributed by atoms with E-state index in [2.05, 4.69) is 0 Å². The predicted octanol–water partition coefficient (Wildman–Crippen LogP) is 3.63. The van der Waals surface area contributed by atoms with Crippen molar-refractivity contribution in [1.29, 1.82) is 0 Å². The van der Waals surface area contributed by atoms with E-state index in [1.165, 1.54) is 0 Å². The number of hydrogen-bond acceptors (Lipinski definition) is 4. The highest BCUT2D eigenvalue weighted by Gasteiger charge is 2.42. The number of fused-ring (bicyclic) bond motifs is 2. The van der Waals surface area contributed by atoms with Crippen LogP contribution in [0.1, 0.15) is 33.9 Å². The maximum Gasteiger partial charge on any atom is 0.415 e. The van der Waals surface area contributed by atoms with Gasteiger partial charge in [-0.15, -0.1) is 0 Å². The molecule has 1 heterocycles. The van der Waals surface area contributed by atoms with Crippen molar-refractivity contribution < 1.29 is 19.1 Å². The Kier molecular flexibility index (Phi) is 3.71. The van der Waals surface area contributed by atoms with E-state index >= 15 is 0 Å². The van der Waals surface area contributed by atoms with Gasteiger partial charge < -0.3 is 14.4 Å². The lowest BCUT2D eigenvalue weighted by atomic mass is 9.76. The van der Waals surface area contributed by atoms with Crippen molar-refractivity contribution in [2.45, 2.75) is 18.9 Å². The van der Waals surface area contributed by atoms with Gasteiger partial charge in [0.2, 0.25) is 0 Å². The van der Waals surface area contributed by atoms with E-state index in [9.17, 15) is 9.59 Å². The largest absolute Gasteiger partial charge is 0.497 e. The molecule has 0 aromatic heterocycles. The third-order valence-electron chi connectivity index (χ3n) is 5.16. The molecule has 1 amide bonds. The van der Waals surface area contributed by atoms with E-state index in [0.29, 0.717) is 12.2 Å². The number of Topliss-reactive ketones (excluding diaryl/α,β-unsaturated/α-hetero) is 1. The second-order valence-corrected chi connectivity index (χ2v) is 6.49. The van der Waals surface area contributed by atoms with Crippen molar-refractivity contribution in [2.24, 2.45) is 5.92 Å². The van der Waals surface area contributed by atoms with Gasteiger partial charge in [0, 0.05) is 24.1 Å². The monoisotopic (exact) mass is 337 g/mol. The molecule has 0 bridgehead atoms. The number of carbonyl (C=O) groups excluding carboxylic acids is 2. The summed E-state index contributed by atoms with van der Waals surface area (Å²) in [7, 11) is 3.31. The van der Waals surface area contributed by atoms with Crippen LogP contribution < -0.4 is 9.47 Å². The van der Waals surface area contributed by atoms with Crippen LogP contribution in [-0.4, -0.2) is 30.9 Å². The zero-order chi connectivity index (χ0) is 17.6. The molecule has 1 aliphatic carbocycles. The van der Waals surface area contributed by atoms with E-state index < -0.39 is 6.09 Å². The lowest BCUT2D eigenvalue weighted by Gasteiger charge is -2.39. The van der Waals surface area contributed by atoms with Crippen LogP contribution in [0.2, 0.25) is 0 Å². The smallest absolute Gasteiger partial charge is 0.415 e. The van der Waals surface area contributed by atoms with E-state index in [1.54, 1.807) is 25.1 Å². The molecule has 25 heavy (non-hydrogen) atoms. The molecule has 0 saturated carbocycles. The molecule has 0 radical (unpaired) electrons. The molecule has 2 aromatic carbocycles. The molecule has 1 aliphatic heterocycles. The number of aryl methyl sites for hydroxylation is 1. The number of carbonyl (C=O) groups is 2. The fraction of sp³-hybridized carbons (Fsp3) is 0.300. The fourth-order valence-electron chi connectivity index (χ4n) is 3.88. The van der Waals surface area contributed by atoms with E-state index in [-0.39, 0.29) is 17.7 Å². The Morgan fingerprint density at radius 2 is 1.96 bits per heavy atom. The molecule has 2 aromatic rings. The van der Waals surface area contributed by atoms with E-state index in [1.807, 2.05) is 36.4 Å². The van der Waals surface area contributed by atoms with Crippen molar-refractivity contribution in [3.8, 4) is 11.5 Å². The maximum atomic E-state index is 13.2. The van der Waals surface area contributed by atoms with E-state index in [0.717, 1.165) is 28.9 Å². The SMILES string of the molecule is COc1ccc2c(c1)CCC(C1c3ccccc3OC(=O)N1C)C2=O. The molecule has 5 heteroatoms. The van der Waals surface area contributed by atoms with Gasteiger partial charge >= 0.3 is 6.09 Å².